The summed E-state index contributed by atoms with van der Waals surface area (Å²) in [5.74, 6) is 0.598. The first-order chi connectivity index (χ1) is 14.2. The summed E-state index contributed by atoms with van der Waals surface area (Å²) in [6.07, 6.45) is 0. The zero-order chi connectivity index (χ0) is 21.9. The number of thiophene rings is 1. The minimum atomic E-state index is -0.976. The van der Waals surface area contributed by atoms with Crippen molar-refractivity contribution in [2.24, 2.45) is 0 Å². The topological polar surface area (TPSA) is 93.8 Å². The van der Waals surface area contributed by atoms with Crippen LogP contribution in [0.4, 0.5) is 11.4 Å². The van der Waals surface area contributed by atoms with Gasteiger partial charge in [0.2, 0.25) is 0 Å². The van der Waals surface area contributed by atoms with Crippen LogP contribution in [-0.2, 0) is 0 Å². The Morgan fingerprint density at radius 1 is 1.17 bits per heavy atom. The van der Waals surface area contributed by atoms with Crippen LogP contribution in [0.25, 0.3) is 10.4 Å². The minimum Gasteiger partial charge on any atom is -0.493 e. The number of carbonyl (C=O) groups is 1. The fraction of sp³-hybridized carbons (Fsp3) is 0.227. The van der Waals surface area contributed by atoms with Gasteiger partial charge in [-0.1, -0.05) is 23.7 Å². The van der Waals surface area contributed by atoms with E-state index in [4.69, 9.17) is 26.8 Å². The molecule has 0 saturated heterocycles. The number of nitrogens with one attached hydrogen (secondary N) is 1. The van der Waals surface area contributed by atoms with Crippen LogP contribution in [0, 0.1) is 0 Å². The largest absolute Gasteiger partial charge is 0.493 e. The Morgan fingerprint density at radius 2 is 1.87 bits per heavy atom. The molecule has 0 atom stereocenters. The van der Waals surface area contributed by atoms with Crippen LogP contribution in [-0.4, -0.2) is 30.3 Å². The summed E-state index contributed by atoms with van der Waals surface area (Å²) in [6.45, 7) is 3.41. The molecule has 30 heavy (non-hydrogen) atoms. The van der Waals surface area contributed by atoms with Crippen molar-refractivity contribution >= 4 is 40.2 Å². The smallest absolute Gasteiger partial charge is 0.267 e. The molecule has 0 aliphatic rings. The van der Waals surface area contributed by atoms with E-state index in [0.717, 1.165) is 10.4 Å². The van der Waals surface area contributed by atoms with E-state index in [2.05, 4.69) is 5.32 Å². The molecule has 2 aromatic carbocycles. The van der Waals surface area contributed by atoms with Crippen LogP contribution in [0.2, 0.25) is 5.02 Å². The van der Waals surface area contributed by atoms with E-state index < -0.39 is 5.60 Å². The standard InChI is InChI=1S/C22H23ClN2O4S/c1-22(2,27)12-29-17-9-8-15(10-18(17)28-3)25-21(26)20-16(24)11-19(30-20)13-4-6-14(23)7-5-13/h4-11,27H,12,24H2,1-3H3,(H,25,26). The number of halogens is 1. The van der Waals surface area contributed by atoms with Crippen molar-refractivity contribution in [2.45, 2.75) is 19.4 Å². The van der Waals surface area contributed by atoms with Gasteiger partial charge in [0.15, 0.2) is 11.5 Å². The number of aliphatic hydroxyl groups is 1. The van der Waals surface area contributed by atoms with Crippen molar-refractivity contribution in [3.05, 3.63) is 58.4 Å². The fourth-order valence-electron chi connectivity index (χ4n) is 2.65. The molecule has 0 bridgehead atoms. The molecule has 0 spiro atoms. The first-order valence-corrected chi connectivity index (χ1v) is 10.4. The van der Waals surface area contributed by atoms with Gasteiger partial charge in [-0.25, -0.2) is 0 Å². The summed E-state index contributed by atoms with van der Waals surface area (Å²) >= 11 is 7.24. The van der Waals surface area contributed by atoms with Gasteiger partial charge in [-0.15, -0.1) is 11.3 Å². The molecule has 4 N–H and O–H groups in total. The number of nitrogens with two attached hydrogens (primary N) is 1. The Labute approximate surface area is 184 Å². The highest BCUT2D eigenvalue weighted by Crippen LogP contribution is 2.35. The van der Waals surface area contributed by atoms with Gasteiger partial charge < -0.3 is 25.6 Å². The van der Waals surface area contributed by atoms with Gasteiger partial charge in [0.25, 0.3) is 5.91 Å². The molecule has 1 aromatic heterocycles. The Kier molecular flexibility index (Phi) is 6.55. The van der Waals surface area contributed by atoms with E-state index >= 15 is 0 Å². The highest BCUT2D eigenvalue weighted by atomic mass is 35.5. The third kappa shape index (κ3) is 5.44. The van der Waals surface area contributed by atoms with E-state index in [-0.39, 0.29) is 12.5 Å². The number of ether oxygens (including phenoxy) is 2. The molecule has 6 nitrogen and oxygen atoms in total. The van der Waals surface area contributed by atoms with Gasteiger partial charge in [-0.2, -0.15) is 0 Å². The predicted molar refractivity (Wildman–Crippen MR) is 122 cm³/mol. The van der Waals surface area contributed by atoms with Gasteiger partial charge in [0.05, 0.1) is 18.4 Å². The van der Waals surface area contributed by atoms with Gasteiger partial charge >= 0.3 is 0 Å². The molecular formula is C22H23ClN2O4S. The maximum atomic E-state index is 12.8. The lowest BCUT2D eigenvalue weighted by molar-refractivity contribution is 0.0276. The lowest BCUT2D eigenvalue weighted by Gasteiger charge is -2.19. The number of rotatable bonds is 7. The van der Waals surface area contributed by atoms with Crippen LogP contribution < -0.4 is 20.5 Å². The van der Waals surface area contributed by atoms with Crippen LogP contribution in [0.5, 0.6) is 11.5 Å². The third-order valence-corrected chi connectivity index (χ3v) is 5.55. The molecule has 3 rings (SSSR count). The third-order valence-electron chi connectivity index (χ3n) is 4.10. The molecule has 0 radical (unpaired) electrons. The maximum Gasteiger partial charge on any atom is 0.267 e. The number of nitrogen functional groups attached to an aromatic ring is 1. The summed E-state index contributed by atoms with van der Waals surface area (Å²) in [4.78, 5) is 14.1. The Morgan fingerprint density at radius 3 is 2.50 bits per heavy atom. The summed E-state index contributed by atoms with van der Waals surface area (Å²) in [7, 11) is 1.51. The molecule has 0 unspecified atom stereocenters. The van der Waals surface area contributed by atoms with E-state index in [0.29, 0.717) is 32.8 Å². The average molecular weight is 447 g/mol. The van der Waals surface area contributed by atoms with Crippen molar-refractivity contribution in [3.8, 4) is 21.9 Å². The first kappa shape index (κ1) is 22.0. The van der Waals surface area contributed by atoms with E-state index in [1.807, 2.05) is 12.1 Å². The fourth-order valence-corrected chi connectivity index (χ4v) is 3.75. The van der Waals surface area contributed by atoms with Crippen molar-refractivity contribution in [1.29, 1.82) is 0 Å². The molecule has 0 aliphatic heterocycles. The molecule has 3 aromatic rings. The first-order valence-electron chi connectivity index (χ1n) is 9.16. The van der Waals surface area contributed by atoms with Crippen molar-refractivity contribution < 1.29 is 19.4 Å². The molecule has 0 saturated carbocycles. The van der Waals surface area contributed by atoms with Crippen molar-refractivity contribution in [2.75, 3.05) is 24.8 Å². The van der Waals surface area contributed by atoms with E-state index in [9.17, 15) is 9.90 Å². The molecule has 0 aliphatic carbocycles. The molecule has 1 amide bonds. The van der Waals surface area contributed by atoms with Gasteiger partial charge in [0, 0.05) is 21.7 Å². The summed E-state index contributed by atoms with van der Waals surface area (Å²) in [6, 6.07) is 14.2. The van der Waals surface area contributed by atoms with Gasteiger partial charge in [-0.05, 0) is 49.7 Å². The molecular weight excluding hydrogens is 424 g/mol. The number of methoxy groups -OCH3 is 1. The van der Waals surface area contributed by atoms with Crippen LogP contribution in [0.3, 0.4) is 0 Å². The van der Waals surface area contributed by atoms with Gasteiger partial charge in [-0.3, -0.25) is 4.79 Å². The van der Waals surface area contributed by atoms with Crippen LogP contribution in [0.1, 0.15) is 23.5 Å². The Balaban J connectivity index is 1.76. The number of benzene rings is 2. The van der Waals surface area contributed by atoms with Crippen molar-refractivity contribution in [1.82, 2.24) is 0 Å². The minimum absolute atomic E-state index is 0.105. The van der Waals surface area contributed by atoms with Crippen LogP contribution >= 0.6 is 22.9 Å². The number of hydrogen-bond acceptors (Lipinski definition) is 6. The summed E-state index contributed by atoms with van der Waals surface area (Å²) < 4.78 is 10.9. The number of hydrogen-bond donors (Lipinski definition) is 3. The number of anilines is 2. The molecule has 0 fully saturated rings. The van der Waals surface area contributed by atoms with Crippen molar-refractivity contribution in [3.63, 3.8) is 0 Å². The number of carbonyl (C=O) groups excluding carboxylic acids is 1. The second kappa shape index (κ2) is 8.95. The normalized spacial score (nSPS) is 11.2. The van der Waals surface area contributed by atoms with Gasteiger partial charge in [0.1, 0.15) is 11.5 Å². The summed E-state index contributed by atoms with van der Waals surface area (Å²) in [5, 5.41) is 13.3. The SMILES string of the molecule is COc1cc(NC(=O)c2sc(-c3ccc(Cl)cc3)cc2N)ccc1OCC(C)(C)O. The Hall–Kier alpha value is -2.74. The monoisotopic (exact) mass is 446 g/mol. The lowest BCUT2D eigenvalue weighted by Crippen LogP contribution is -2.28. The second-order valence-corrected chi connectivity index (χ2v) is 8.81. The lowest BCUT2D eigenvalue weighted by atomic mass is 10.2. The highest BCUT2D eigenvalue weighted by Gasteiger charge is 2.18. The zero-order valence-electron chi connectivity index (χ0n) is 16.9. The highest BCUT2D eigenvalue weighted by molar-refractivity contribution is 7.18. The second-order valence-electron chi connectivity index (χ2n) is 7.32. The predicted octanol–water partition coefficient (Wildman–Crippen LogP) is 5.06. The molecule has 8 heteroatoms. The maximum absolute atomic E-state index is 12.8. The quantitative estimate of drug-likeness (QED) is 0.471. The molecule has 158 valence electrons. The molecule has 1 heterocycles. The van der Waals surface area contributed by atoms with Crippen LogP contribution in [0.15, 0.2) is 48.5 Å². The zero-order valence-corrected chi connectivity index (χ0v) is 18.4. The Bertz CT molecular complexity index is 1040. The number of amides is 1. The average Bonchev–Trinajstić information content (AvgIpc) is 3.08. The summed E-state index contributed by atoms with van der Waals surface area (Å²) in [5.41, 5.74) is 6.98. The van der Waals surface area contributed by atoms with E-state index in [1.54, 1.807) is 50.2 Å². The van der Waals surface area contributed by atoms with E-state index in [1.165, 1.54) is 18.4 Å².